The Labute approximate surface area is 66.0 Å². The quantitative estimate of drug-likeness (QED) is 0.520. The van der Waals surface area contributed by atoms with Crippen LogP contribution in [0.5, 0.6) is 0 Å². The summed E-state index contributed by atoms with van der Waals surface area (Å²) in [6.07, 6.45) is 1.70. The monoisotopic (exact) mass is 146 g/mol. The van der Waals surface area contributed by atoms with Gasteiger partial charge in [-0.15, -0.1) is 13.2 Å². The van der Waals surface area contributed by atoms with Gasteiger partial charge in [0.15, 0.2) is 0 Å². The number of benzene rings is 1. The number of hydrogen-bond donors (Lipinski definition) is 0. The van der Waals surface area contributed by atoms with Crippen LogP contribution in [-0.2, 0) is 0 Å². The molecule has 56 valence electrons. The predicted molar refractivity (Wildman–Crippen MR) is 47.5 cm³/mol. The molecule has 0 aliphatic heterocycles. The smallest absolute Gasteiger partial charge is 0.133 e. The summed E-state index contributed by atoms with van der Waals surface area (Å²) in [6, 6.07) is 9.90. The molecule has 0 spiro atoms. The third kappa shape index (κ3) is 1.49. The van der Waals surface area contributed by atoms with Gasteiger partial charge >= 0.3 is 0 Å². The van der Waals surface area contributed by atoms with Gasteiger partial charge in [-0.1, -0.05) is 18.2 Å². The number of para-hydroxylation sites is 1. The Morgan fingerprint density at radius 3 is 2.45 bits per heavy atom. The van der Waals surface area contributed by atoms with E-state index >= 15 is 0 Å². The van der Waals surface area contributed by atoms with Crippen LogP contribution >= 0.6 is 0 Å². The first-order valence-electron chi connectivity index (χ1n) is 3.39. The molecule has 0 amide bonds. The van der Waals surface area contributed by atoms with Crippen molar-refractivity contribution in [1.29, 1.82) is 0 Å². The molecule has 0 aliphatic carbocycles. The SMILES string of the molecule is C=C.c1ccc2occc2c1. The molecular weight excluding hydrogens is 136 g/mol. The zero-order valence-corrected chi connectivity index (χ0v) is 6.29. The summed E-state index contributed by atoms with van der Waals surface area (Å²) in [5.41, 5.74) is 0.956. The average Bonchev–Trinajstić information content (AvgIpc) is 2.55. The first-order chi connectivity index (χ1) is 5.47. The van der Waals surface area contributed by atoms with Gasteiger partial charge in [-0.25, -0.2) is 0 Å². The van der Waals surface area contributed by atoms with Gasteiger partial charge in [0, 0.05) is 5.39 Å². The molecule has 0 saturated heterocycles. The van der Waals surface area contributed by atoms with Crippen molar-refractivity contribution in [1.82, 2.24) is 0 Å². The first-order valence-corrected chi connectivity index (χ1v) is 3.39. The van der Waals surface area contributed by atoms with E-state index in [-0.39, 0.29) is 0 Å². The van der Waals surface area contributed by atoms with E-state index in [1.807, 2.05) is 30.3 Å². The standard InChI is InChI=1S/C8H6O.C2H4/c1-2-4-8-7(3-1)5-6-9-8;1-2/h1-6H;1-2H2. The maximum atomic E-state index is 5.12. The lowest BCUT2D eigenvalue weighted by molar-refractivity contribution is 0.616. The van der Waals surface area contributed by atoms with E-state index in [9.17, 15) is 0 Å². The van der Waals surface area contributed by atoms with Gasteiger partial charge in [0.05, 0.1) is 6.26 Å². The van der Waals surface area contributed by atoms with Crippen molar-refractivity contribution in [2.45, 2.75) is 0 Å². The van der Waals surface area contributed by atoms with Crippen molar-refractivity contribution < 1.29 is 4.42 Å². The summed E-state index contributed by atoms with van der Waals surface area (Å²) in [5, 5.41) is 1.16. The lowest BCUT2D eigenvalue weighted by atomic mass is 10.3. The number of fused-ring (bicyclic) bond motifs is 1. The third-order valence-corrected chi connectivity index (χ3v) is 1.36. The lowest BCUT2D eigenvalue weighted by Crippen LogP contribution is -1.57. The maximum absolute atomic E-state index is 5.12. The molecule has 1 heterocycles. The summed E-state index contributed by atoms with van der Waals surface area (Å²) in [7, 11) is 0. The molecule has 1 heteroatoms. The van der Waals surface area contributed by atoms with Crippen molar-refractivity contribution in [2.75, 3.05) is 0 Å². The van der Waals surface area contributed by atoms with Crippen LogP contribution in [0.15, 0.2) is 54.2 Å². The van der Waals surface area contributed by atoms with E-state index in [1.165, 1.54) is 0 Å². The molecule has 0 radical (unpaired) electrons. The summed E-state index contributed by atoms with van der Waals surface area (Å²) >= 11 is 0. The predicted octanol–water partition coefficient (Wildman–Crippen LogP) is 3.24. The molecule has 11 heavy (non-hydrogen) atoms. The summed E-state index contributed by atoms with van der Waals surface area (Å²) in [4.78, 5) is 0. The van der Waals surface area contributed by atoms with Crippen LogP contribution in [0, 0.1) is 0 Å². The maximum Gasteiger partial charge on any atom is 0.133 e. The molecular formula is C10H10O. The van der Waals surface area contributed by atoms with Gasteiger partial charge in [0.25, 0.3) is 0 Å². The first kappa shape index (κ1) is 7.61. The van der Waals surface area contributed by atoms with Crippen molar-refractivity contribution in [3.63, 3.8) is 0 Å². The second-order valence-electron chi connectivity index (χ2n) is 1.96. The third-order valence-electron chi connectivity index (χ3n) is 1.36. The van der Waals surface area contributed by atoms with Crippen LogP contribution in [0.4, 0.5) is 0 Å². The molecule has 1 aromatic heterocycles. The summed E-state index contributed by atoms with van der Waals surface area (Å²) in [6.45, 7) is 6.00. The lowest BCUT2D eigenvalue weighted by Gasteiger charge is -1.81. The highest BCUT2D eigenvalue weighted by atomic mass is 16.3. The van der Waals surface area contributed by atoms with Crippen molar-refractivity contribution in [3.05, 3.63) is 49.8 Å². The van der Waals surface area contributed by atoms with Crippen molar-refractivity contribution in [2.24, 2.45) is 0 Å². The van der Waals surface area contributed by atoms with Crippen LogP contribution < -0.4 is 0 Å². The largest absolute Gasteiger partial charge is 0.464 e. The highest BCUT2D eigenvalue weighted by molar-refractivity contribution is 5.76. The van der Waals surface area contributed by atoms with E-state index in [2.05, 4.69) is 13.2 Å². The fourth-order valence-corrected chi connectivity index (χ4v) is 0.906. The van der Waals surface area contributed by atoms with E-state index < -0.39 is 0 Å². The van der Waals surface area contributed by atoms with Crippen molar-refractivity contribution in [3.8, 4) is 0 Å². The van der Waals surface area contributed by atoms with E-state index in [0.717, 1.165) is 11.0 Å². The Balaban J connectivity index is 0.000000281. The topological polar surface area (TPSA) is 13.1 Å². The minimum atomic E-state index is 0.956. The minimum Gasteiger partial charge on any atom is -0.464 e. The molecule has 0 unspecified atom stereocenters. The number of hydrogen-bond acceptors (Lipinski definition) is 1. The Kier molecular flexibility index (Phi) is 2.50. The van der Waals surface area contributed by atoms with Gasteiger partial charge in [-0.05, 0) is 12.1 Å². The molecule has 2 rings (SSSR count). The average molecular weight is 146 g/mol. The van der Waals surface area contributed by atoms with Crippen LogP contribution in [-0.4, -0.2) is 0 Å². The second kappa shape index (κ2) is 3.62. The molecule has 0 saturated carbocycles. The normalized spacial score (nSPS) is 8.73. The van der Waals surface area contributed by atoms with Crippen LogP contribution in [0.3, 0.4) is 0 Å². The molecule has 1 aromatic carbocycles. The highest BCUT2D eigenvalue weighted by Gasteiger charge is 1.89. The van der Waals surface area contributed by atoms with Gasteiger partial charge < -0.3 is 4.42 Å². The van der Waals surface area contributed by atoms with E-state index in [1.54, 1.807) is 6.26 Å². The van der Waals surface area contributed by atoms with Crippen LogP contribution in [0.25, 0.3) is 11.0 Å². The fraction of sp³-hybridized carbons (Fsp3) is 0. The fourth-order valence-electron chi connectivity index (χ4n) is 0.906. The number of furan rings is 1. The zero-order chi connectivity index (χ0) is 8.10. The van der Waals surface area contributed by atoms with Gasteiger partial charge in [-0.2, -0.15) is 0 Å². The Morgan fingerprint density at radius 1 is 1.00 bits per heavy atom. The summed E-state index contributed by atoms with van der Waals surface area (Å²) < 4.78 is 5.12. The molecule has 1 nitrogen and oxygen atoms in total. The Hall–Kier alpha value is -1.50. The second-order valence-corrected chi connectivity index (χ2v) is 1.96. The molecule has 0 aliphatic rings. The van der Waals surface area contributed by atoms with Crippen LogP contribution in [0.1, 0.15) is 0 Å². The molecule has 0 bridgehead atoms. The Morgan fingerprint density at radius 2 is 1.73 bits per heavy atom. The van der Waals surface area contributed by atoms with Gasteiger partial charge in [-0.3, -0.25) is 0 Å². The minimum absolute atomic E-state index is 0.956. The highest BCUT2D eigenvalue weighted by Crippen LogP contribution is 2.12. The molecule has 0 N–H and O–H groups in total. The molecule has 0 atom stereocenters. The van der Waals surface area contributed by atoms with Crippen molar-refractivity contribution >= 4 is 11.0 Å². The van der Waals surface area contributed by atoms with Gasteiger partial charge in [0.2, 0.25) is 0 Å². The van der Waals surface area contributed by atoms with E-state index in [0.29, 0.717) is 0 Å². The molecule has 0 fully saturated rings. The van der Waals surface area contributed by atoms with Gasteiger partial charge in [0.1, 0.15) is 5.58 Å². The number of rotatable bonds is 0. The zero-order valence-electron chi connectivity index (χ0n) is 6.29. The van der Waals surface area contributed by atoms with Crippen LogP contribution in [0.2, 0.25) is 0 Å². The summed E-state index contributed by atoms with van der Waals surface area (Å²) in [5.74, 6) is 0. The van der Waals surface area contributed by atoms with E-state index in [4.69, 9.17) is 4.42 Å². The molecule has 2 aromatic rings. The Bertz CT molecular complexity index is 292.